The number of nitrogens with zero attached hydrogens (tertiary/aromatic N) is 1. The zero-order chi connectivity index (χ0) is 18.7. The van der Waals surface area contributed by atoms with Crippen LogP contribution in [0.25, 0.3) is 0 Å². The normalized spacial score (nSPS) is 13.2. The first-order valence-electron chi connectivity index (χ1n) is 8.26. The highest BCUT2D eigenvalue weighted by atomic mass is 19.1. The zero-order valence-electron chi connectivity index (χ0n) is 14.6. The Morgan fingerprint density at radius 2 is 2.00 bits per heavy atom. The lowest BCUT2D eigenvalue weighted by atomic mass is 10.0. The van der Waals surface area contributed by atoms with Crippen LogP contribution < -0.4 is 19.7 Å². The summed E-state index contributed by atoms with van der Waals surface area (Å²) in [5, 5.41) is 2.76. The van der Waals surface area contributed by atoms with Crippen LogP contribution in [-0.4, -0.2) is 33.2 Å². The van der Waals surface area contributed by atoms with Gasteiger partial charge in [0.05, 0.1) is 32.1 Å². The first-order valence-corrected chi connectivity index (χ1v) is 8.26. The summed E-state index contributed by atoms with van der Waals surface area (Å²) in [6, 6.07) is 7.23. The summed E-state index contributed by atoms with van der Waals surface area (Å²) in [5.41, 5.74) is 1.35. The minimum Gasteiger partial charge on any atom is -0.497 e. The number of fused-ring (bicyclic) bond motifs is 1. The number of ether oxygens (including phenoxy) is 2. The molecule has 0 saturated heterocycles. The summed E-state index contributed by atoms with van der Waals surface area (Å²) in [5.74, 6) is -0.509. The lowest BCUT2D eigenvalue weighted by Gasteiger charge is -2.31. The van der Waals surface area contributed by atoms with Crippen molar-refractivity contribution in [1.29, 1.82) is 0 Å². The van der Waals surface area contributed by atoms with Crippen molar-refractivity contribution in [3.05, 3.63) is 47.5 Å². The maximum Gasteiger partial charge on any atom is 0.243 e. The van der Waals surface area contributed by atoms with Gasteiger partial charge in [-0.25, -0.2) is 8.78 Å². The monoisotopic (exact) mass is 362 g/mol. The van der Waals surface area contributed by atoms with Gasteiger partial charge in [-0.15, -0.1) is 0 Å². The molecule has 1 aliphatic rings. The van der Waals surface area contributed by atoms with Crippen LogP contribution in [0.1, 0.15) is 12.0 Å². The molecule has 0 unspecified atom stereocenters. The minimum atomic E-state index is -0.647. The van der Waals surface area contributed by atoms with Crippen molar-refractivity contribution >= 4 is 17.3 Å². The Morgan fingerprint density at radius 3 is 2.73 bits per heavy atom. The van der Waals surface area contributed by atoms with Gasteiger partial charge >= 0.3 is 0 Å². The molecule has 2 aromatic carbocycles. The molecule has 1 N–H and O–H groups in total. The Hall–Kier alpha value is -2.83. The second kappa shape index (κ2) is 7.59. The zero-order valence-corrected chi connectivity index (χ0v) is 14.6. The molecule has 3 rings (SSSR count). The van der Waals surface area contributed by atoms with Crippen molar-refractivity contribution in [2.45, 2.75) is 12.8 Å². The van der Waals surface area contributed by atoms with Gasteiger partial charge in [0.2, 0.25) is 5.91 Å². The van der Waals surface area contributed by atoms with E-state index in [9.17, 15) is 13.6 Å². The largest absolute Gasteiger partial charge is 0.497 e. The number of halogens is 2. The molecule has 1 heterocycles. The Morgan fingerprint density at radius 1 is 1.19 bits per heavy atom. The highest BCUT2D eigenvalue weighted by molar-refractivity contribution is 5.95. The quantitative estimate of drug-likeness (QED) is 0.886. The van der Waals surface area contributed by atoms with Gasteiger partial charge in [0.25, 0.3) is 0 Å². The smallest absolute Gasteiger partial charge is 0.243 e. The van der Waals surface area contributed by atoms with E-state index in [1.165, 1.54) is 20.3 Å². The van der Waals surface area contributed by atoms with E-state index in [0.717, 1.165) is 12.5 Å². The molecule has 0 fully saturated rings. The molecular formula is C19H20F2N2O3. The third-order valence-corrected chi connectivity index (χ3v) is 4.31. The Balaban J connectivity index is 1.78. The molecule has 0 aliphatic carbocycles. The SMILES string of the molecule is COc1ccc(OC)c(NC(=O)CN2CCCc3cc(F)cc(F)c32)c1. The Labute approximate surface area is 150 Å². The van der Waals surface area contributed by atoms with Gasteiger partial charge in [0.15, 0.2) is 0 Å². The van der Waals surface area contributed by atoms with Crippen LogP contribution in [0.5, 0.6) is 11.5 Å². The fourth-order valence-electron chi connectivity index (χ4n) is 3.17. The standard InChI is InChI=1S/C19H20F2N2O3/c1-25-14-5-6-17(26-2)16(10-14)22-18(24)11-23-7-3-4-12-8-13(20)9-15(21)19(12)23/h5-6,8-10H,3-4,7,11H2,1-2H3,(H,22,24). The average Bonchev–Trinajstić information content (AvgIpc) is 2.61. The number of methoxy groups -OCH3 is 2. The van der Waals surface area contributed by atoms with Crippen LogP contribution in [0.3, 0.4) is 0 Å². The summed E-state index contributed by atoms with van der Waals surface area (Å²) in [4.78, 5) is 14.1. The highest BCUT2D eigenvalue weighted by Gasteiger charge is 2.24. The topological polar surface area (TPSA) is 50.8 Å². The molecule has 0 spiro atoms. The van der Waals surface area contributed by atoms with Crippen molar-refractivity contribution in [2.75, 3.05) is 37.5 Å². The van der Waals surface area contributed by atoms with Gasteiger partial charge in [0, 0.05) is 18.7 Å². The maximum atomic E-state index is 14.2. The summed E-state index contributed by atoms with van der Waals surface area (Å²) in [6.45, 7) is 0.480. The minimum absolute atomic E-state index is 0.0457. The van der Waals surface area contributed by atoms with Gasteiger partial charge in [0.1, 0.15) is 23.1 Å². The van der Waals surface area contributed by atoms with Crippen LogP contribution in [-0.2, 0) is 11.2 Å². The van der Waals surface area contributed by atoms with Crippen molar-refractivity contribution in [3.63, 3.8) is 0 Å². The molecule has 0 aromatic heterocycles. The van der Waals surface area contributed by atoms with Crippen LogP contribution in [0.4, 0.5) is 20.2 Å². The Kier molecular flexibility index (Phi) is 5.25. The van der Waals surface area contributed by atoms with Crippen LogP contribution in [0, 0.1) is 11.6 Å². The number of anilines is 2. The number of rotatable bonds is 5. The molecule has 0 saturated carbocycles. The number of carbonyl (C=O) groups is 1. The molecule has 0 atom stereocenters. The maximum absolute atomic E-state index is 14.2. The number of hydrogen-bond acceptors (Lipinski definition) is 4. The van der Waals surface area contributed by atoms with Crippen molar-refractivity contribution < 1.29 is 23.0 Å². The average molecular weight is 362 g/mol. The van der Waals surface area contributed by atoms with Gasteiger partial charge in [-0.1, -0.05) is 0 Å². The Bertz CT molecular complexity index is 827. The predicted octanol–water partition coefficient (Wildman–Crippen LogP) is 3.37. The number of benzene rings is 2. The van der Waals surface area contributed by atoms with Crippen LogP contribution in [0.2, 0.25) is 0 Å². The lowest BCUT2D eigenvalue weighted by molar-refractivity contribution is -0.115. The van der Waals surface area contributed by atoms with Crippen molar-refractivity contribution in [2.24, 2.45) is 0 Å². The summed E-state index contributed by atoms with van der Waals surface area (Å²) >= 11 is 0. The van der Waals surface area contributed by atoms with E-state index in [4.69, 9.17) is 9.47 Å². The van der Waals surface area contributed by atoms with Gasteiger partial charge in [-0.05, 0) is 36.6 Å². The van der Waals surface area contributed by atoms with E-state index in [1.54, 1.807) is 23.1 Å². The summed E-state index contributed by atoms with van der Waals surface area (Å²) < 4.78 is 38.0. The molecule has 138 valence electrons. The number of hydrogen-bond donors (Lipinski definition) is 1. The molecule has 2 aromatic rings. The molecule has 1 aliphatic heterocycles. The van der Waals surface area contributed by atoms with E-state index < -0.39 is 11.6 Å². The fraction of sp³-hybridized carbons (Fsp3) is 0.316. The van der Waals surface area contributed by atoms with E-state index in [-0.39, 0.29) is 12.5 Å². The van der Waals surface area contributed by atoms with E-state index >= 15 is 0 Å². The molecule has 0 bridgehead atoms. The molecule has 0 radical (unpaired) electrons. The first-order chi connectivity index (χ1) is 12.5. The van der Waals surface area contributed by atoms with E-state index in [1.807, 2.05) is 0 Å². The van der Waals surface area contributed by atoms with E-state index in [0.29, 0.717) is 41.4 Å². The van der Waals surface area contributed by atoms with Crippen molar-refractivity contribution in [3.8, 4) is 11.5 Å². The molecule has 7 heteroatoms. The summed E-state index contributed by atoms with van der Waals surface area (Å²) in [7, 11) is 3.03. The number of carbonyl (C=O) groups excluding carboxylic acids is 1. The van der Waals surface area contributed by atoms with Crippen LogP contribution >= 0.6 is 0 Å². The van der Waals surface area contributed by atoms with Gasteiger partial charge < -0.3 is 19.7 Å². The molecule has 26 heavy (non-hydrogen) atoms. The molecule has 5 nitrogen and oxygen atoms in total. The fourth-order valence-corrected chi connectivity index (χ4v) is 3.17. The lowest BCUT2D eigenvalue weighted by Crippen LogP contribution is -2.37. The van der Waals surface area contributed by atoms with Gasteiger partial charge in [-0.2, -0.15) is 0 Å². The summed E-state index contributed by atoms with van der Waals surface area (Å²) in [6.07, 6.45) is 1.32. The third-order valence-electron chi connectivity index (χ3n) is 4.31. The second-order valence-corrected chi connectivity index (χ2v) is 6.03. The predicted molar refractivity (Wildman–Crippen MR) is 95.1 cm³/mol. The number of nitrogens with one attached hydrogen (secondary N) is 1. The molecule has 1 amide bonds. The van der Waals surface area contributed by atoms with Crippen molar-refractivity contribution in [1.82, 2.24) is 0 Å². The first kappa shape index (κ1) is 18.0. The molecular weight excluding hydrogens is 342 g/mol. The highest BCUT2D eigenvalue weighted by Crippen LogP contribution is 2.32. The third kappa shape index (κ3) is 3.71. The number of aryl methyl sites for hydroxylation is 1. The number of amides is 1. The van der Waals surface area contributed by atoms with Gasteiger partial charge in [-0.3, -0.25) is 4.79 Å². The van der Waals surface area contributed by atoms with E-state index in [2.05, 4.69) is 5.32 Å². The second-order valence-electron chi connectivity index (χ2n) is 6.03. The van der Waals surface area contributed by atoms with Crippen LogP contribution in [0.15, 0.2) is 30.3 Å².